The van der Waals surface area contributed by atoms with Gasteiger partial charge in [0.05, 0.1) is 29.8 Å². The van der Waals surface area contributed by atoms with Crippen LogP contribution in [0, 0.1) is 29.1 Å². The highest BCUT2D eigenvalue weighted by atomic mass is 32.1. The summed E-state index contributed by atoms with van der Waals surface area (Å²) >= 11 is 1.50. The molecule has 2 fully saturated rings. The number of imide groups is 1. The van der Waals surface area contributed by atoms with Crippen LogP contribution in [0.5, 0.6) is 0 Å². The molecule has 4 nitrogen and oxygen atoms in total. The second-order valence-electron chi connectivity index (χ2n) is 5.81. The number of piperidine rings is 1. The number of thiophene rings is 1. The first-order valence-corrected chi connectivity index (χ1v) is 7.41. The topological polar surface area (TPSA) is 63.4 Å². The first-order valence-electron chi connectivity index (χ1n) is 6.59. The summed E-state index contributed by atoms with van der Waals surface area (Å²) in [5, 5.41) is 0. The van der Waals surface area contributed by atoms with Crippen molar-refractivity contribution in [3.8, 4) is 11.8 Å². The van der Waals surface area contributed by atoms with Crippen molar-refractivity contribution in [2.45, 2.75) is 20.4 Å². The average molecular weight is 288 g/mol. The maximum Gasteiger partial charge on any atom is 0.234 e. The molecule has 1 aliphatic heterocycles. The van der Waals surface area contributed by atoms with Crippen LogP contribution in [-0.4, -0.2) is 23.3 Å². The predicted octanol–water partition coefficient (Wildman–Crippen LogP) is 1.20. The van der Waals surface area contributed by atoms with E-state index in [1.54, 1.807) is 0 Å². The van der Waals surface area contributed by atoms with E-state index in [9.17, 15) is 9.59 Å². The SMILES string of the molecule is CC1(C)C2C(=O)N(Cc3ccc(C#CCN)s3)C(=O)C21. The monoisotopic (exact) mass is 288 g/mol. The van der Waals surface area contributed by atoms with Crippen molar-refractivity contribution in [3.05, 3.63) is 21.9 Å². The van der Waals surface area contributed by atoms with Gasteiger partial charge in [-0.3, -0.25) is 14.5 Å². The van der Waals surface area contributed by atoms with Crippen LogP contribution in [0.1, 0.15) is 23.6 Å². The van der Waals surface area contributed by atoms with E-state index in [0.29, 0.717) is 13.1 Å². The minimum atomic E-state index is -0.141. The lowest BCUT2D eigenvalue weighted by Gasteiger charge is -2.19. The van der Waals surface area contributed by atoms with Gasteiger partial charge in [0.1, 0.15) is 0 Å². The maximum absolute atomic E-state index is 12.2. The minimum absolute atomic E-state index is 0.0204. The van der Waals surface area contributed by atoms with Gasteiger partial charge in [0, 0.05) is 4.88 Å². The molecule has 1 saturated carbocycles. The molecule has 2 heterocycles. The Balaban J connectivity index is 1.72. The number of nitrogens with two attached hydrogens (primary N) is 1. The van der Waals surface area contributed by atoms with Gasteiger partial charge < -0.3 is 5.73 Å². The highest BCUT2D eigenvalue weighted by Gasteiger charge is 2.72. The first kappa shape index (κ1) is 13.3. The highest BCUT2D eigenvalue weighted by molar-refractivity contribution is 7.12. The quantitative estimate of drug-likeness (QED) is 0.657. The van der Waals surface area contributed by atoms with E-state index in [0.717, 1.165) is 9.75 Å². The van der Waals surface area contributed by atoms with Crippen molar-refractivity contribution in [1.82, 2.24) is 4.90 Å². The lowest BCUT2D eigenvalue weighted by atomic mass is 10.1. The number of carbonyl (C=O) groups is 2. The molecule has 1 saturated heterocycles. The number of nitrogens with zero attached hydrogens (tertiary/aromatic N) is 1. The van der Waals surface area contributed by atoms with Crippen LogP contribution in [0.25, 0.3) is 0 Å². The Kier molecular flexibility index (Phi) is 2.96. The molecule has 0 radical (unpaired) electrons. The molecule has 2 aliphatic rings. The average Bonchev–Trinajstić information content (AvgIpc) is 2.72. The van der Waals surface area contributed by atoms with E-state index < -0.39 is 0 Å². The summed E-state index contributed by atoms with van der Waals surface area (Å²) in [6.45, 7) is 4.67. The summed E-state index contributed by atoms with van der Waals surface area (Å²) in [7, 11) is 0. The van der Waals surface area contributed by atoms with Crippen molar-refractivity contribution in [2.75, 3.05) is 6.54 Å². The van der Waals surface area contributed by atoms with Crippen LogP contribution < -0.4 is 5.73 Å². The molecule has 1 aromatic heterocycles. The van der Waals surface area contributed by atoms with E-state index >= 15 is 0 Å². The Morgan fingerprint density at radius 1 is 1.30 bits per heavy atom. The van der Waals surface area contributed by atoms with Crippen LogP contribution in [0.15, 0.2) is 12.1 Å². The number of amides is 2. The van der Waals surface area contributed by atoms with Gasteiger partial charge in [0.25, 0.3) is 0 Å². The fraction of sp³-hybridized carbons (Fsp3) is 0.467. The maximum atomic E-state index is 12.2. The molecule has 0 bridgehead atoms. The van der Waals surface area contributed by atoms with Crippen LogP contribution in [-0.2, 0) is 16.1 Å². The van der Waals surface area contributed by atoms with Crippen LogP contribution >= 0.6 is 11.3 Å². The second kappa shape index (κ2) is 4.44. The van der Waals surface area contributed by atoms with Crippen molar-refractivity contribution < 1.29 is 9.59 Å². The molecule has 2 N–H and O–H groups in total. The molecular formula is C15H16N2O2S. The van der Waals surface area contributed by atoms with Crippen LogP contribution in [0.2, 0.25) is 0 Å². The molecule has 3 rings (SSSR count). The largest absolute Gasteiger partial charge is 0.320 e. The third-order valence-corrected chi connectivity index (χ3v) is 5.17. The normalized spacial score (nSPS) is 26.2. The summed E-state index contributed by atoms with van der Waals surface area (Å²) in [6, 6.07) is 3.82. The number of carbonyl (C=O) groups excluding carboxylic acids is 2. The summed E-state index contributed by atoms with van der Waals surface area (Å²) in [5.74, 6) is 5.50. The Labute approximate surface area is 121 Å². The third-order valence-electron chi connectivity index (χ3n) is 4.18. The second-order valence-corrected chi connectivity index (χ2v) is 6.98. The van der Waals surface area contributed by atoms with Crippen molar-refractivity contribution in [2.24, 2.45) is 23.0 Å². The van der Waals surface area contributed by atoms with E-state index in [1.807, 2.05) is 26.0 Å². The van der Waals surface area contributed by atoms with Crippen molar-refractivity contribution >= 4 is 23.2 Å². The fourth-order valence-corrected chi connectivity index (χ4v) is 3.86. The zero-order valence-electron chi connectivity index (χ0n) is 11.5. The van der Waals surface area contributed by atoms with Crippen LogP contribution in [0.4, 0.5) is 0 Å². The zero-order valence-corrected chi connectivity index (χ0v) is 12.3. The Morgan fingerprint density at radius 3 is 2.55 bits per heavy atom. The van der Waals surface area contributed by atoms with Crippen LogP contribution in [0.3, 0.4) is 0 Å². The molecule has 2 atom stereocenters. The van der Waals surface area contributed by atoms with E-state index in [4.69, 9.17) is 5.73 Å². The van der Waals surface area contributed by atoms with Gasteiger partial charge in [0.2, 0.25) is 11.8 Å². The first-order chi connectivity index (χ1) is 9.46. The van der Waals surface area contributed by atoms with Gasteiger partial charge in [-0.25, -0.2) is 0 Å². The number of hydrogen-bond acceptors (Lipinski definition) is 4. The fourth-order valence-electron chi connectivity index (χ4n) is 2.98. The van der Waals surface area contributed by atoms with Gasteiger partial charge in [-0.2, -0.15) is 0 Å². The number of hydrogen-bond donors (Lipinski definition) is 1. The predicted molar refractivity (Wildman–Crippen MR) is 76.6 cm³/mol. The zero-order chi connectivity index (χ0) is 14.5. The Morgan fingerprint density at radius 2 is 1.95 bits per heavy atom. The molecule has 1 aromatic rings. The Hall–Kier alpha value is -1.64. The van der Waals surface area contributed by atoms with Gasteiger partial charge in [0.15, 0.2) is 0 Å². The standard InChI is InChI=1S/C15H16N2O2S/c1-15(2)11-12(15)14(19)17(13(11)18)8-10-6-5-9(20-10)4-3-7-16/h5-6,11-12H,7-8,16H2,1-2H3. The van der Waals surface area contributed by atoms with Crippen molar-refractivity contribution in [1.29, 1.82) is 0 Å². The van der Waals surface area contributed by atoms with Crippen molar-refractivity contribution in [3.63, 3.8) is 0 Å². The van der Waals surface area contributed by atoms with Gasteiger partial charge in [-0.15, -0.1) is 11.3 Å². The molecule has 2 amide bonds. The minimum Gasteiger partial charge on any atom is -0.320 e. The molecule has 0 aromatic carbocycles. The van der Waals surface area contributed by atoms with E-state index in [-0.39, 0.29) is 29.1 Å². The summed E-state index contributed by atoms with van der Waals surface area (Å²) in [5.41, 5.74) is 5.19. The number of fused-ring (bicyclic) bond motifs is 1. The molecule has 2 unspecified atom stereocenters. The molecular weight excluding hydrogens is 272 g/mol. The van der Waals surface area contributed by atoms with Gasteiger partial charge in [-0.1, -0.05) is 25.7 Å². The summed E-state index contributed by atoms with van der Waals surface area (Å²) in [4.78, 5) is 27.7. The third kappa shape index (κ3) is 1.88. The molecule has 104 valence electrons. The lowest BCUT2D eigenvalue weighted by molar-refractivity contribution is -0.143. The van der Waals surface area contributed by atoms with Gasteiger partial charge in [-0.05, 0) is 17.5 Å². The number of likely N-dealkylation sites (tertiary alicyclic amines) is 1. The lowest BCUT2D eigenvalue weighted by Crippen LogP contribution is -2.35. The summed E-state index contributed by atoms with van der Waals surface area (Å²) < 4.78 is 0. The highest BCUT2D eigenvalue weighted by Crippen LogP contribution is 2.63. The van der Waals surface area contributed by atoms with Gasteiger partial charge >= 0.3 is 0 Å². The molecule has 20 heavy (non-hydrogen) atoms. The smallest absolute Gasteiger partial charge is 0.234 e. The molecule has 5 heteroatoms. The Bertz CT molecular complexity index is 626. The van der Waals surface area contributed by atoms with E-state index in [2.05, 4.69) is 11.8 Å². The van der Waals surface area contributed by atoms with E-state index in [1.165, 1.54) is 16.2 Å². The summed E-state index contributed by atoms with van der Waals surface area (Å²) in [6.07, 6.45) is 0. The molecule has 1 aliphatic carbocycles. The number of rotatable bonds is 2. The molecule has 0 spiro atoms.